The Hall–Kier alpha value is -0.680. The predicted molar refractivity (Wildman–Crippen MR) is 75.1 cm³/mol. The Kier molecular flexibility index (Phi) is 3.52. The highest BCUT2D eigenvalue weighted by atomic mass is 32.1. The van der Waals surface area contributed by atoms with Crippen molar-refractivity contribution >= 4 is 16.7 Å². The monoisotopic (exact) mass is 266 g/mol. The number of aryl methyl sites for hydroxylation is 1. The normalized spacial score (nSPS) is 32.4. The molecule has 1 aromatic heterocycles. The van der Waals surface area contributed by atoms with Gasteiger partial charge in [-0.15, -0.1) is 0 Å². The fraction of sp³-hybridized carbons (Fsp3) is 0.846. The van der Waals surface area contributed by atoms with Crippen molar-refractivity contribution < 1.29 is 0 Å². The number of hydrogen-bond acceptors (Lipinski definition) is 5. The maximum Gasteiger partial charge on any atom is 0.202 e. The van der Waals surface area contributed by atoms with E-state index >= 15 is 0 Å². The molecular weight excluding hydrogens is 244 g/mol. The minimum atomic E-state index is 0.592. The van der Waals surface area contributed by atoms with Crippen LogP contribution in [0.4, 0.5) is 5.13 Å². The van der Waals surface area contributed by atoms with Crippen LogP contribution in [0.5, 0.6) is 0 Å². The lowest BCUT2D eigenvalue weighted by molar-refractivity contribution is 0.0608. The Balaban J connectivity index is 1.64. The smallest absolute Gasteiger partial charge is 0.202 e. The van der Waals surface area contributed by atoms with E-state index in [2.05, 4.69) is 33.5 Å². The molecule has 3 atom stereocenters. The molecule has 0 radical (unpaired) electrons. The molecule has 5 heteroatoms. The van der Waals surface area contributed by atoms with Crippen molar-refractivity contribution in [3.8, 4) is 0 Å². The number of aromatic nitrogens is 2. The molecule has 2 aliphatic rings. The minimum absolute atomic E-state index is 0.592. The van der Waals surface area contributed by atoms with Crippen LogP contribution in [0, 0.1) is 0 Å². The lowest BCUT2D eigenvalue weighted by Gasteiger charge is -2.47. The number of anilines is 1. The van der Waals surface area contributed by atoms with Gasteiger partial charge in [0.15, 0.2) is 0 Å². The fourth-order valence-electron chi connectivity index (χ4n) is 3.36. The van der Waals surface area contributed by atoms with Gasteiger partial charge in [0.25, 0.3) is 0 Å². The molecular formula is C13H22N4S. The Morgan fingerprint density at radius 2 is 2.06 bits per heavy atom. The number of hydrogen-bond donors (Lipinski definition) is 1. The summed E-state index contributed by atoms with van der Waals surface area (Å²) in [6.45, 7) is 2.10. The molecule has 0 spiro atoms. The van der Waals surface area contributed by atoms with Gasteiger partial charge in [-0.1, -0.05) is 13.3 Å². The van der Waals surface area contributed by atoms with Gasteiger partial charge in [0.05, 0.1) is 0 Å². The van der Waals surface area contributed by atoms with Crippen molar-refractivity contribution in [1.82, 2.24) is 14.3 Å². The minimum Gasteiger partial charge on any atom is -0.357 e. The first-order chi connectivity index (χ1) is 8.76. The van der Waals surface area contributed by atoms with E-state index in [9.17, 15) is 0 Å². The molecule has 0 saturated carbocycles. The Morgan fingerprint density at radius 1 is 1.33 bits per heavy atom. The van der Waals surface area contributed by atoms with Crippen molar-refractivity contribution in [3.05, 3.63) is 5.82 Å². The quantitative estimate of drug-likeness (QED) is 0.913. The molecule has 1 unspecified atom stereocenters. The van der Waals surface area contributed by atoms with E-state index in [0.717, 1.165) is 29.5 Å². The number of piperidine rings is 2. The van der Waals surface area contributed by atoms with E-state index in [4.69, 9.17) is 0 Å². The zero-order valence-electron chi connectivity index (χ0n) is 11.2. The van der Waals surface area contributed by atoms with Gasteiger partial charge >= 0.3 is 0 Å². The average Bonchev–Trinajstić information content (AvgIpc) is 2.78. The van der Waals surface area contributed by atoms with Crippen LogP contribution in [0.25, 0.3) is 0 Å². The summed E-state index contributed by atoms with van der Waals surface area (Å²) in [5.74, 6) is 0.968. The van der Waals surface area contributed by atoms with Gasteiger partial charge in [-0.05, 0) is 32.7 Å². The second kappa shape index (κ2) is 5.13. The van der Waals surface area contributed by atoms with Crippen molar-refractivity contribution in [2.24, 2.45) is 0 Å². The van der Waals surface area contributed by atoms with Crippen LogP contribution in [0.2, 0.25) is 0 Å². The van der Waals surface area contributed by atoms with E-state index in [1.54, 1.807) is 0 Å². The average molecular weight is 266 g/mol. The first-order valence-corrected chi connectivity index (χ1v) is 7.84. The van der Waals surface area contributed by atoms with Crippen LogP contribution in [-0.4, -0.2) is 39.4 Å². The maximum absolute atomic E-state index is 4.52. The van der Waals surface area contributed by atoms with Crippen molar-refractivity contribution in [1.29, 1.82) is 0 Å². The molecule has 0 amide bonds. The van der Waals surface area contributed by atoms with E-state index in [1.807, 2.05) is 0 Å². The zero-order valence-corrected chi connectivity index (χ0v) is 12.0. The second-order valence-electron chi connectivity index (χ2n) is 5.59. The number of nitrogens with one attached hydrogen (secondary N) is 1. The third kappa shape index (κ3) is 2.38. The van der Waals surface area contributed by atoms with Crippen LogP contribution >= 0.6 is 11.5 Å². The zero-order chi connectivity index (χ0) is 12.5. The van der Waals surface area contributed by atoms with Crippen LogP contribution < -0.4 is 5.32 Å². The summed E-state index contributed by atoms with van der Waals surface area (Å²) in [6.07, 6.45) is 7.58. The van der Waals surface area contributed by atoms with E-state index in [1.165, 1.54) is 43.6 Å². The number of rotatable bonds is 3. The molecule has 0 aliphatic carbocycles. The van der Waals surface area contributed by atoms with Crippen LogP contribution in [0.1, 0.15) is 44.9 Å². The summed E-state index contributed by atoms with van der Waals surface area (Å²) in [7, 11) is 2.30. The van der Waals surface area contributed by atoms with Gasteiger partial charge in [0.1, 0.15) is 5.82 Å². The Bertz CT molecular complexity index is 391. The molecule has 2 fully saturated rings. The van der Waals surface area contributed by atoms with Gasteiger partial charge in [0, 0.05) is 36.1 Å². The first-order valence-electron chi connectivity index (χ1n) is 7.07. The van der Waals surface area contributed by atoms with Gasteiger partial charge in [-0.3, -0.25) is 0 Å². The van der Waals surface area contributed by atoms with Crippen LogP contribution in [-0.2, 0) is 6.42 Å². The van der Waals surface area contributed by atoms with Gasteiger partial charge in [-0.25, -0.2) is 4.98 Å². The molecule has 4 nitrogen and oxygen atoms in total. The largest absolute Gasteiger partial charge is 0.357 e. The molecule has 0 aromatic carbocycles. The standard InChI is InChI=1S/C13H22N4S/c1-3-12-15-13(18-16-12)14-9-7-10-5-4-6-11(8-9)17(10)2/h9-11H,3-8H2,1-2H3,(H,14,15,16)/t9?,10-,11+. The summed E-state index contributed by atoms with van der Waals surface area (Å²) in [4.78, 5) is 7.11. The molecule has 2 saturated heterocycles. The third-order valence-corrected chi connectivity index (χ3v) is 5.14. The molecule has 3 heterocycles. The van der Waals surface area contributed by atoms with Crippen LogP contribution in [0.15, 0.2) is 0 Å². The maximum atomic E-state index is 4.52. The summed E-state index contributed by atoms with van der Waals surface area (Å²) >= 11 is 1.51. The number of nitrogens with zero attached hydrogens (tertiary/aromatic N) is 3. The molecule has 1 N–H and O–H groups in total. The fourth-order valence-corrected chi connectivity index (χ4v) is 4.09. The van der Waals surface area contributed by atoms with Crippen LogP contribution in [0.3, 0.4) is 0 Å². The summed E-state index contributed by atoms with van der Waals surface area (Å²) in [6, 6.07) is 2.14. The molecule has 100 valence electrons. The Morgan fingerprint density at radius 3 is 2.67 bits per heavy atom. The second-order valence-corrected chi connectivity index (χ2v) is 6.34. The molecule has 3 rings (SSSR count). The van der Waals surface area contributed by atoms with E-state index < -0.39 is 0 Å². The van der Waals surface area contributed by atoms with E-state index in [-0.39, 0.29) is 0 Å². The topological polar surface area (TPSA) is 41.1 Å². The molecule has 2 bridgehead atoms. The number of fused-ring (bicyclic) bond motifs is 2. The SMILES string of the molecule is CCc1nsc(NC2C[C@H]3CCC[C@@H](C2)N3C)n1. The van der Waals surface area contributed by atoms with Gasteiger partial charge in [-0.2, -0.15) is 4.37 Å². The first kappa shape index (κ1) is 12.4. The van der Waals surface area contributed by atoms with E-state index in [0.29, 0.717) is 6.04 Å². The lowest BCUT2D eigenvalue weighted by Crippen LogP contribution is -2.52. The van der Waals surface area contributed by atoms with Crippen molar-refractivity contribution in [2.45, 2.75) is 63.6 Å². The molecule has 2 aliphatic heterocycles. The summed E-state index contributed by atoms with van der Waals surface area (Å²) < 4.78 is 4.34. The lowest BCUT2D eigenvalue weighted by atomic mass is 9.82. The summed E-state index contributed by atoms with van der Waals surface area (Å²) in [5.41, 5.74) is 0. The van der Waals surface area contributed by atoms with Gasteiger partial charge in [0.2, 0.25) is 5.13 Å². The third-order valence-electron chi connectivity index (χ3n) is 4.45. The highest BCUT2D eigenvalue weighted by Gasteiger charge is 2.36. The predicted octanol–water partition coefficient (Wildman–Crippen LogP) is 2.53. The molecule has 18 heavy (non-hydrogen) atoms. The Labute approximate surface area is 113 Å². The van der Waals surface area contributed by atoms with Gasteiger partial charge < -0.3 is 10.2 Å². The summed E-state index contributed by atoms with van der Waals surface area (Å²) in [5, 5.41) is 4.62. The molecule has 1 aromatic rings. The van der Waals surface area contributed by atoms with Crippen molar-refractivity contribution in [2.75, 3.05) is 12.4 Å². The highest BCUT2D eigenvalue weighted by molar-refractivity contribution is 7.09. The van der Waals surface area contributed by atoms with Crippen molar-refractivity contribution in [3.63, 3.8) is 0 Å². The highest BCUT2D eigenvalue weighted by Crippen LogP contribution is 2.34.